The van der Waals surface area contributed by atoms with Crippen molar-refractivity contribution in [3.63, 3.8) is 0 Å². The lowest BCUT2D eigenvalue weighted by molar-refractivity contribution is 0.375. The molecule has 3 N–H and O–H groups in total. The van der Waals surface area contributed by atoms with Gasteiger partial charge in [0.05, 0.1) is 0 Å². The highest BCUT2D eigenvalue weighted by atomic mass is 32.2. The number of rotatable bonds is 7. The molecule has 0 amide bonds. The number of hydrazine groups is 1. The molecule has 17 heavy (non-hydrogen) atoms. The number of thioether (sulfide) groups is 1. The molecule has 0 saturated carbocycles. The topological polar surface area (TPSA) is 38.0 Å². The number of nitrogens with two attached hydrogens (primary N) is 1. The molecule has 3 heteroatoms. The quantitative estimate of drug-likeness (QED) is 0.441. The maximum Gasteiger partial charge on any atom is 0.0462 e. The standard InChI is InChI=1S/C14H24N2S/c1-4-11(5-2)10-14(16-15)12-6-8-13(17-3)9-7-12/h6-9,11,14,16H,4-5,10,15H2,1-3H3. The molecule has 0 aliphatic carbocycles. The number of benzene rings is 1. The lowest BCUT2D eigenvalue weighted by atomic mass is 9.91. The molecule has 0 heterocycles. The van der Waals surface area contributed by atoms with Crippen LogP contribution >= 0.6 is 11.8 Å². The molecule has 1 aromatic rings. The predicted octanol–water partition coefficient (Wildman–Crippen LogP) is 3.74. The van der Waals surface area contributed by atoms with Gasteiger partial charge in [0.25, 0.3) is 0 Å². The Morgan fingerprint density at radius 3 is 2.18 bits per heavy atom. The number of nitrogens with one attached hydrogen (secondary N) is 1. The summed E-state index contributed by atoms with van der Waals surface area (Å²) in [6.07, 6.45) is 5.65. The summed E-state index contributed by atoms with van der Waals surface area (Å²) < 4.78 is 0. The van der Waals surface area contributed by atoms with Gasteiger partial charge in [-0.05, 0) is 36.3 Å². The summed E-state index contributed by atoms with van der Waals surface area (Å²) >= 11 is 1.77. The van der Waals surface area contributed by atoms with Crippen LogP contribution in [0.25, 0.3) is 0 Å². The van der Waals surface area contributed by atoms with Gasteiger partial charge in [-0.3, -0.25) is 11.3 Å². The van der Waals surface area contributed by atoms with Crippen molar-refractivity contribution in [1.29, 1.82) is 0 Å². The fraction of sp³-hybridized carbons (Fsp3) is 0.571. The zero-order chi connectivity index (χ0) is 12.7. The lowest BCUT2D eigenvalue weighted by Gasteiger charge is -2.21. The van der Waals surface area contributed by atoms with Crippen LogP contribution in [-0.4, -0.2) is 6.26 Å². The highest BCUT2D eigenvalue weighted by molar-refractivity contribution is 7.98. The first-order valence-electron chi connectivity index (χ1n) is 6.35. The van der Waals surface area contributed by atoms with E-state index in [0.29, 0.717) is 0 Å². The Morgan fingerprint density at radius 2 is 1.76 bits per heavy atom. The van der Waals surface area contributed by atoms with Gasteiger partial charge in [0.15, 0.2) is 0 Å². The van der Waals surface area contributed by atoms with Crippen molar-refractivity contribution < 1.29 is 0 Å². The van der Waals surface area contributed by atoms with E-state index in [9.17, 15) is 0 Å². The van der Waals surface area contributed by atoms with Gasteiger partial charge in [-0.15, -0.1) is 11.8 Å². The van der Waals surface area contributed by atoms with E-state index in [1.165, 1.54) is 23.3 Å². The van der Waals surface area contributed by atoms with E-state index in [1.807, 2.05) is 0 Å². The van der Waals surface area contributed by atoms with Crippen molar-refractivity contribution in [3.8, 4) is 0 Å². The molecule has 0 saturated heterocycles. The minimum Gasteiger partial charge on any atom is -0.271 e. The maximum absolute atomic E-state index is 5.68. The maximum atomic E-state index is 5.68. The fourth-order valence-corrected chi connectivity index (χ4v) is 2.50. The van der Waals surface area contributed by atoms with Crippen molar-refractivity contribution >= 4 is 11.8 Å². The molecule has 0 fully saturated rings. The first-order chi connectivity index (χ1) is 8.24. The van der Waals surface area contributed by atoms with Crippen molar-refractivity contribution in [2.75, 3.05) is 6.26 Å². The minimum atomic E-state index is 0.274. The summed E-state index contributed by atoms with van der Waals surface area (Å²) in [5.41, 5.74) is 4.24. The first-order valence-corrected chi connectivity index (χ1v) is 7.57. The summed E-state index contributed by atoms with van der Waals surface area (Å²) in [6.45, 7) is 4.50. The molecule has 0 bridgehead atoms. The number of hydrogen-bond donors (Lipinski definition) is 2. The third-order valence-corrected chi connectivity index (χ3v) is 4.19. The largest absolute Gasteiger partial charge is 0.271 e. The van der Waals surface area contributed by atoms with Gasteiger partial charge in [-0.1, -0.05) is 38.8 Å². The van der Waals surface area contributed by atoms with E-state index in [4.69, 9.17) is 5.84 Å². The van der Waals surface area contributed by atoms with Gasteiger partial charge in [-0.2, -0.15) is 0 Å². The zero-order valence-electron chi connectivity index (χ0n) is 11.1. The van der Waals surface area contributed by atoms with Gasteiger partial charge >= 0.3 is 0 Å². The molecule has 1 unspecified atom stereocenters. The molecule has 0 aliphatic heterocycles. The van der Waals surface area contributed by atoms with E-state index in [0.717, 1.165) is 12.3 Å². The van der Waals surface area contributed by atoms with Crippen LogP contribution in [0.4, 0.5) is 0 Å². The SMILES string of the molecule is CCC(CC)CC(NN)c1ccc(SC)cc1. The molecule has 2 nitrogen and oxygen atoms in total. The summed E-state index contributed by atoms with van der Waals surface area (Å²) in [4.78, 5) is 1.30. The second-order valence-electron chi connectivity index (χ2n) is 4.41. The Kier molecular flexibility index (Phi) is 6.63. The Hall–Kier alpha value is -0.510. The molecular weight excluding hydrogens is 228 g/mol. The zero-order valence-corrected chi connectivity index (χ0v) is 11.9. The third kappa shape index (κ3) is 4.34. The summed E-state index contributed by atoms with van der Waals surface area (Å²) in [5.74, 6) is 6.42. The van der Waals surface area contributed by atoms with Gasteiger partial charge in [-0.25, -0.2) is 0 Å². The molecule has 1 aromatic carbocycles. The van der Waals surface area contributed by atoms with Gasteiger partial charge in [0, 0.05) is 10.9 Å². The van der Waals surface area contributed by atoms with Crippen molar-refractivity contribution in [3.05, 3.63) is 29.8 Å². The lowest BCUT2D eigenvalue weighted by Crippen LogP contribution is -2.29. The monoisotopic (exact) mass is 252 g/mol. The Balaban J connectivity index is 2.71. The first kappa shape index (κ1) is 14.6. The van der Waals surface area contributed by atoms with Crippen molar-refractivity contribution in [1.82, 2.24) is 5.43 Å². The van der Waals surface area contributed by atoms with Gasteiger partial charge in [0.1, 0.15) is 0 Å². The second kappa shape index (κ2) is 7.75. The Labute approximate surface area is 109 Å². The van der Waals surface area contributed by atoms with E-state index in [2.05, 4.69) is 49.8 Å². The molecule has 1 rings (SSSR count). The Morgan fingerprint density at radius 1 is 1.18 bits per heavy atom. The van der Waals surface area contributed by atoms with Crippen LogP contribution in [0.15, 0.2) is 29.2 Å². The summed E-state index contributed by atoms with van der Waals surface area (Å²) in [6, 6.07) is 8.96. The molecule has 0 aliphatic rings. The van der Waals surface area contributed by atoms with Crippen LogP contribution in [0.1, 0.15) is 44.7 Å². The molecular formula is C14H24N2S. The van der Waals surface area contributed by atoms with Gasteiger partial charge < -0.3 is 0 Å². The second-order valence-corrected chi connectivity index (χ2v) is 5.29. The smallest absolute Gasteiger partial charge is 0.0462 e. The highest BCUT2D eigenvalue weighted by Gasteiger charge is 2.14. The average Bonchev–Trinajstić information content (AvgIpc) is 2.40. The minimum absolute atomic E-state index is 0.274. The molecule has 0 spiro atoms. The Bertz CT molecular complexity index is 307. The van der Waals surface area contributed by atoms with Crippen LogP contribution in [0.2, 0.25) is 0 Å². The van der Waals surface area contributed by atoms with Crippen molar-refractivity contribution in [2.45, 2.75) is 44.0 Å². The van der Waals surface area contributed by atoms with E-state index >= 15 is 0 Å². The summed E-state index contributed by atoms with van der Waals surface area (Å²) in [7, 11) is 0. The fourth-order valence-electron chi connectivity index (χ4n) is 2.09. The van der Waals surface area contributed by atoms with Crippen LogP contribution in [0.3, 0.4) is 0 Å². The predicted molar refractivity (Wildman–Crippen MR) is 77.0 cm³/mol. The van der Waals surface area contributed by atoms with Crippen LogP contribution < -0.4 is 11.3 Å². The van der Waals surface area contributed by atoms with Crippen LogP contribution in [0, 0.1) is 5.92 Å². The molecule has 0 aromatic heterocycles. The van der Waals surface area contributed by atoms with E-state index < -0.39 is 0 Å². The summed E-state index contributed by atoms with van der Waals surface area (Å²) in [5, 5.41) is 0. The van der Waals surface area contributed by atoms with Crippen LogP contribution in [-0.2, 0) is 0 Å². The molecule has 1 atom stereocenters. The third-order valence-electron chi connectivity index (χ3n) is 3.44. The molecule has 96 valence electrons. The van der Waals surface area contributed by atoms with E-state index in [1.54, 1.807) is 11.8 Å². The number of hydrogen-bond acceptors (Lipinski definition) is 3. The van der Waals surface area contributed by atoms with Crippen LogP contribution in [0.5, 0.6) is 0 Å². The van der Waals surface area contributed by atoms with E-state index in [-0.39, 0.29) is 6.04 Å². The van der Waals surface area contributed by atoms with Crippen molar-refractivity contribution in [2.24, 2.45) is 11.8 Å². The average molecular weight is 252 g/mol. The van der Waals surface area contributed by atoms with Gasteiger partial charge in [0.2, 0.25) is 0 Å². The molecule has 0 radical (unpaired) electrons. The normalized spacial score (nSPS) is 13.0. The highest BCUT2D eigenvalue weighted by Crippen LogP contribution is 2.26.